The molecule has 34 heavy (non-hydrogen) atoms. The summed E-state index contributed by atoms with van der Waals surface area (Å²) in [6.45, 7) is 1.92. The quantitative estimate of drug-likeness (QED) is 0.482. The molecule has 3 N–H and O–H groups in total. The molecule has 3 saturated heterocycles. The third-order valence-corrected chi connectivity index (χ3v) is 6.73. The second-order valence-corrected chi connectivity index (χ2v) is 9.02. The number of nitrogens with one attached hydrogen (secondary N) is 2. The second kappa shape index (κ2) is 9.72. The molecule has 8 nitrogen and oxygen atoms in total. The molecule has 2 aromatic heterocycles. The van der Waals surface area contributed by atoms with Gasteiger partial charge in [0.25, 0.3) is 5.91 Å². The number of carboxylic acid groups (broad SMARTS) is 1. The molecule has 0 aliphatic carbocycles. The van der Waals surface area contributed by atoms with Gasteiger partial charge < -0.3 is 20.6 Å². The van der Waals surface area contributed by atoms with Crippen molar-refractivity contribution in [1.29, 1.82) is 0 Å². The van der Waals surface area contributed by atoms with Crippen LogP contribution >= 0.6 is 22.9 Å². The first-order valence-corrected chi connectivity index (χ1v) is 11.5. The van der Waals surface area contributed by atoms with Crippen molar-refractivity contribution in [2.75, 3.05) is 23.3 Å². The highest BCUT2D eigenvalue weighted by atomic mass is 35.5. The van der Waals surface area contributed by atoms with E-state index < -0.39 is 12.1 Å². The lowest BCUT2D eigenvalue weighted by Gasteiger charge is -2.46. The number of carboxylic acids is 1. The van der Waals surface area contributed by atoms with Crippen molar-refractivity contribution < 1.29 is 27.9 Å². The van der Waals surface area contributed by atoms with Gasteiger partial charge in [0.05, 0.1) is 22.5 Å². The number of alkyl halides is 3. The van der Waals surface area contributed by atoms with Gasteiger partial charge in [0.15, 0.2) is 0 Å². The molecule has 0 unspecified atom stereocenters. The fourth-order valence-electron chi connectivity index (χ4n) is 3.84. The van der Waals surface area contributed by atoms with Crippen LogP contribution in [0.1, 0.15) is 23.2 Å². The van der Waals surface area contributed by atoms with Gasteiger partial charge in [-0.1, -0.05) is 23.7 Å². The minimum Gasteiger partial charge on any atom is -0.475 e. The summed E-state index contributed by atoms with van der Waals surface area (Å²) in [6, 6.07) is 8.16. The fourth-order valence-corrected chi connectivity index (χ4v) is 4.85. The number of para-hydroxylation sites is 1. The first-order chi connectivity index (χ1) is 16.1. The summed E-state index contributed by atoms with van der Waals surface area (Å²) in [5, 5.41) is 15.9. The van der Waals surface area contributed by atoms with E-state index in [4.69, 9.17) is 26.5 Å². The zero-order valence-corrected chi connectivity index (χ0v) is 19.0. The lowest BCUT2D eigenvalue weighted by atomic mass is 9.93. The molecule has 180 valence electrons. The first kappa shape index (κ1) is 24.2. The Morgan fingerprint density at radius 2 is 2.00 bits per heavy atom. The molecule has 6 rings (SSSR count). The van der Waals surface area contributed by atoms with Crippen LogP contribution in [0.3, 0.4) is 0 Å². The maximum absolute atomic E-state index is 12.8. The molecule has 3 aromatic rings. The molecular formula is C21H19ClF3N5O3S. The van der Waals surface area contributed by atoms with Gasteiger partial charge in [-0.05, 0) is 25.0 Å². The van der Waals surface area contributed by atoms with E-state index in [0.29, 0.717) is 33.9 Å². The second-order valence-electron chi connectivity index (χ2n) is 7.76. The van der Waals surface area contributed by atoms with Gasteiger partial charge in [0, 0.05) is 30.6 Å². The summed E-state index contributed by atoms with van der Waals surface area (Å²) in [7, 11) is 0. The maximum atomic E-state index is 12.8. The highest BCUT2D eigenvalue weighted by Gasteiger charge is 2.38. The Hall–Kier alpha value is -2.96. The number of carbonyl (C=O) groups excluding carboxylic acids is 1. The number of aromatic nitrogens is 2. The molecule has 1 amide bonds. The number of anilines is 2. The number of aliphatic carboxylic acids is 1. The number of fused-ring (bicyclic) bond motifs is 4. The summed E-state index contributed by atoms with van der Waals surface area (Å²) in [6.07, 6.45) is -0.878. The van der Waals surface area contributed by atoms with Crippen LogP contribution in [0, 0.1) is 0 Å². The number of hydrogen-bond acceptors (Lipinski definition) is 7. The predicted molar refractivity (Wildman–Crippen MR) is 123 cm³/mol. The summed E-state index contributed by atoms with van der Waals surface area (Å²) in [5.41, 5.74) is 1.77. The first-order valence-electron chi connectivity index (χ1n) is 10.2. The molecule has 0 saturated carbocycles. The molecule has 1 aromatic carbocycles. The van der Waals surface area contributed by atoms with Crippen molar-refractivity contribution in [1.82, 2.24) is 15.3 Å². The average molecular weight is 514 g/mol. The maximum Gasteiger partial charge on any atom is 0.490 e. The van der Waals surface area contributed by atoms with E-state index in [-0.39, 0.29) is 5.91 Å². The molecule has 5 heterocycles. The van der Waals surface area contributed by atoms with Gasteiger partial charge in [0.1, 0.15) is 16.2 Å². The van der Waals surface area contributed by atoms with Gasteiger partial charge in [-0.3, -0.25) is 4.79 Å². The van der Waals surface area contributed by atoms with Crippen LogP contribution in [-0.4, -0.2) is 58.3 Å². The van der Waals surface area contributed by atoms with Gasteiger partial charge in [-0.2, -0.15) is 13.2 Å². The number of amides is 1. The number of piperidine rings is 2. The van der Waals surface area contributed by atoms with Crippen LogP contribution in [0.2, 0.25) is 5.02 Å². The third kappa shape index (κ3) is 5.24. The number of rotatable bonds is 3. The van der Waals surface area contributed by atoms with E-state index in [1.807, 2.05) is 23.7 Å². The molecule has 2 atom stereocenters. The Morgan fingerprint density at radius 3 is 2.59 bits per heavy atom. The lowest BCUT2D eigenvalue weighted by Crippen LogP contribution is -2.61. The molecule has 3 aliphatic heterocycles. The zero-order chi connectivity index (χ0) is 24.5. The van der Waals surface area contributed by atoms with Crippen molar-refractivity contribution in [3.63, 3.8) is 0 Å². The zero-order valence-electron chi connectivity index (χ0n) is 17.5. The minimum atomic E-state index is -5.08. The summed E-state index contributed by atoms with van der Waals surface area (Å²) in [4.78, 5) is 34.2. The Kier molecular flexibility index (Phi) is 6.91. The van der Waals surface area contributed by atoms with E-state index in [9.17, 15) is 18.0 Å². The average Bonchev–Trinajstić information content (AvgIpc) is 3.24. The normalized spacial score (nSPS) is 19.5. The Morgan fingerprint density at radius 1 is 1.26 bits per heavy atom. The third-order valence-electron chi connectivity index (χ3n) is 5.52. The number of halogens is 4. The predicted octanol–water partition coefficient (Wildman–Crippen LogP) is 4.17. The number of benzene rings is 1. The van der Waals surface area contributed by atoms with Crippen LogP contribution in [-0.2, 0) is 4.79 Å². The Bertz CT molecular complexity index is 1210. The van der Waals surface area contributed by atoms with Crippen molar-refractivity contribution in [2.45, 2.75) is 31.1 Å². The number of thiophene rings is 1. The Balaban J connectivity index is 0.000000344. The molecular weight excluding hydrogens is 495 g/mol. The lowest BCUT2D eigenvalue weighted by molar-refractivity contribution is -0.192. The number of nitrogens with zero attached hydrogens (tertiary/aromatic N) is 3. The van der Waals surface area contributed by atoms with Crippen LogP contribution in [0.5, 0.6) is 0 Å². The molecule has 13 heteroatoms. The van der Waals surface area contributed by atoms with Gasteiger partial charge in [0.2, 0.25) is 0 Å². The Labute approximate surface area is 200 Å². The van der Waals surface area contributed by atoms with Crippen molar-refractivity contribution in [3.05, 3.63) is 46.4 Å². The van der Waals surface area contributed by atoms with Crippen LogP contribution < -0.4 is 15.5 Å². The molecule has 0 spiro atoms. The van der Waals surface area contributed by atoms with E-state index in [0.717, 1.165) is 23.7 Å². The number of hydrogen-bond donors (Lipinski definition) is 3. The molecule has 0 radical (unpaired) electrons. The number of piperazine rings is 1. The summed E-state index contributed by atoms with van der Waals surface area (Å²) >= 11 is 7.59. The largest absolute Gasteiger partial charge is 0.490 e. The molecule has 2 bridgehead atoms. The minimum absolute atomic E-state index is 0.220. The summed E-state index contributed by atoms with van der Waals surface area (Å²) < 4.78 is 31.7. The summed E-state index contributed by atoms with van der Waals surface area (Å²) in [5.74, 6) is -2.13. The fraction of sp³-hybridized carbons (Fsp3) is 0.333. The standard InChI is InChI=1S/C19H18ClN5OS.C2HF3O2/c20-14-3-1-2-4-15(14)23-18(26)13-10-27-19-17(13)24-16(8-22-19)25-9-11-5-6-12(25)7-21-11;3-2(4,5)1(6)7/h1-4,8,10-12,21H,5-7,9H2,(H,23,26);(H,6,7)/t11-,12-;/m1./s1. The van der Waals surface area contributed by atoms with Crippen LogP contribution in [0.25, 0.3) is 10.3 Å². The van der Waals surface area contributed by atoms with E-state index in [1.54, 1.807) is 12.1 Å². The van der Waals surface area contributed by atoms with E-state index in [1.165, 1.54) is 24.2 Å². The SMILES string of the molecule is O=C(Nc1ccccc1Cl)c1csc2ncc(N3C[C@H]4CC[C@@H]3CN4)nc12.O=C(O)C(F)(F)F. The van der Waals surface area contributed by atoms with E-state index in [2.05, 4.69) is 20.5 Å². The van der Waals surface area contributed by atoms with Crippen molar-refractivity contribution in [2.24, 2.45) is 0 Å². The van der Waals surface area contributed by atoms with E-state index >= 15 is 0 Å². The molecule has 3 aliphatic rings. The number of carbonyl (C=O) groups is 2. The van der Waals surface area contributed by atoms with Gasteiger partial charge in [-0.25, -0.2) is 14.8 Å². The highest BCUT2D eigenvalue weighted by Crippen LogP contribution is 2.30. The van der Waals surface area contributed by atoms with Crippen molar-refractivity contribution >= 4 is 56.7 Å². The van der Waals surface area contributed by atoms with Crippen molar-refractivity contribution in [3.8, 4) is 0 Å². The highest BCUT2D eigenvalue weighted by molar-refractivity contribution is 7.17. The topological polar surface area (TPSA) is 107 Å². The molecule has 3 fully saturated rings. The van der Waals surface area contributed by atoms with Crippen LogP contribution in [0.4, 0.5) is 24.7 Å². The van der Waals surface area contributed by atoms with Gasteiger partial charge >= 0.3 is 12.1 Å². The smallest absolute Gasteiger partial charge is 0.475 e. The van der Waals surface area contributed by atoms with Gasteiger partial charge in [-0.15, -0.1) is 11.3 Å². The monoisotopic (exact) mass is 513 g/mol. The van der Waals surface area contributed by atoms with Crippen LogP contribution in [0.15, 0.2) is 35.8 Å².